The van der Waals surface area contributed by atoms with Crippen LogP contribution in [0.3, 0.4) is 0 Å². The van der Waals surface area contributed by atoms with E-state index < -0.39 is 27.5 Å². The topological polar surface area (TPSA) is 89.5 Å². The summed E-state index contributed by atoms with van der Waals surface area (Å²) >= 11 is 0. The highest BCUT2D eigenvalue weighted by molar-refractivity contribution is 7.92. The van der Waals surface area contributed by atoms with E-state index in [9.17, 15) is 18.0 Å². The van der Waals surface area contributed by atoms with Gasteiger partial charge in [0.05, 0.1) is 17.6 Å². The van der Waals surface area contributed by atoms with Crippen LogP contribution >= 0.6 is 0 Å². The van der Waals surface area contributed by atoms with Crippen LogP contribution in [0.25, 0.3) is 0 Å². The molecular weight excluding hydrogens is 282 g/mol. The van der Waals surface area contributed by atoms with Gasteiger partial charge in [0, 0.05) is 6.04 Å². The van der Waals surface area contributed by atoms with E-state index in [1.165, 1.54) is 31.4 Å². The molecule has 6 nitrogen and oxygen atoms in total. The van der Waals surface area contributed by atoms with Gasteiger partial charge in [-0.2, -0.15) is 0 Å². The third-order valence-electron chi connectivity index (χ3n) is 2.90. The molecular formula is C13H15NO5S. The van der Waals surface area contributed by atoms with Gasteiger partial charge in [-0.15, -0.1) is 0 Å². The molecule has 1 N–H and O–H groups in total. The fraction of sp³-hybridized carbons (Fsp3) is 0.385. The zero-order valence-corrected chi connectivity index (χ0v) is 11.8. The first-order valence-corrected chi connectivity index (χ1v) is 7.78. The second kappa shape index (κ2) is 5.62. The molecule has 1 fully saturated rings. The first kappa shape index (κ1) is 14.5. The summed E-state index contributed by atoms with van der Waals surface area (Å²) in [6.07, 6.45) is 1.80. The monoisotopic (exact) mass is 297 g/mol. The summed E-state index contributed by atoms with van der Waals surface area (Å²) in [5.41, 5.74) is 0.258. The van der Waals surface area contributed by atoms with Gasteiger partial charge in [0.2, 0.25) is 5.91 Å². The number of hydrogen-bond acceptors (Lipinski definition) is 5. The van der Waals surface area contributed by atoms with Gasteiger partial charge >= 0.3 is 5.97 Å². The summed E-state index contributed by atoms with van der Waals surface area (Å²) < 4.78 is 28.6. The summed E-state index contributed by atoms with van der Waals surface area (Å²) in [6.45, 7) is 0. The Morgan fingerprint density at radius 2 is 1.85 bits per heavy atom. The Labute approximate surface area is 117 Å². The maximum absolute atomic E-state index is 12.0. The number of hydrogen-bond donors (Lipinski definition) is 1. The highest BCUT2D eigenvalue weighted by Crippen LogP contribution is 2.19. The molecule has 0 bridgehead atoms. The van der Waals surface area contributed by atoms with Crippen molar-refractivity contribution in [3.05, 3.63) is 29.8 Å². The van der Waals surface area contributed by atoms with Crippen molar-refractivity contribution in [1.29, 1.82) is 0 Å². The predicted octanol–water partition coefficient (Wildman–Crippen LogP) is 0.525. The molecule has 0 spiro atoms. The van der Waals surface area contributed by atoms with Crippen LogP contribution < -0.4 is 5.32 Å². The number of ether oxygens (including phenoxy) is 1. The number of amides is 1. The van der Waals surface area contributed by atoms with Gasteiger partial charge in [-0.1, -0.05) is 0 Å². The third-order valence-corrected chi connectivity index (χ3v) is 4.53. The number of esters is 1. The number of carbonyl (C=O) groups excluding carboxylic acids is 2. The number of benzene rings is 1. The van der Waals surface area contributed by atoms with Gasteiger partial charge in [0.25, 0.3) is 0 Å². The summed E-state index contributed by atoms with van der Waals surface area (Å²) in [5.74, 6) is -1.62. The van der Waals surface area contributed by atoms with E-state index in [1.54, 1.807) is 0 Å². The Morgan fingerprint density at radius 1 is 1.25 bits per heavy atom. The average molecular weight is 297 g/mol. The molecule has 0 radical (unpaired) electrons. The molecule has 0 aliphatic heterocycles. The van der Waals surface area contributed by atoms with Crippen molar-refractivity contribution in [2.75, 3.05) is 12.9 Å². The van der Waals surface area contributed by atoms with Gasteiger partial charge < -0.3 is 10.1 Å². The Kier molecular flexibility index (Phi) is 4.08. The Bertz CT molecular complexity index is 617. The molecule has 7 heteroatoms. The molecule has 108 valence electrons. The quantitative estimate of drug-likeness (QED) is 0.801. The molecule has 0 aromatic heterocycles. The predicted molar refractivity (Wildman–Crippen MR) is 71.0 cm³/mol. The lowest BCUT2D eigenvalue weighted by atomic mass is 10.2. The number of nitrogens with one attached hydrogen (secondary N) is 1. The van der Waals surface area contributed by atoms with Crippen molar-refractivity contribution in [1.82, 2.24) is 5.32 Å². The molecule has 1 saturated carbocycles. The molecule has 1 aromatic rings. The van der Waals surface area contributed by atoms with E-state index in [4.69, 9.17) is 0 Å². The lowest BCUT2D eigenvalue weighted by Gasteiger charge is -2.06. The van der Waals surface area contributed by atoms with Crippen LogP contribution in [-0.4, -0.2) is 39.2 Å². The Hall–Kier alpha value is -1.89. The SMILES string of the molecule is COC(=O)c1ccc(S(=O)(=O)CC(=O)NC2CC2)cc1. The van der Waals surface area contributed by atoms with Crippen molar-refractivity contribution < 1.29 is 22.7 Å². The molecule has 1 aliphatic rings. The number of sulfone groups is 1. The number of rotatable bonds is 5. The largest absolute Gasteiger partial charge is 0.465 e. The summed E-state index contributed by atoms with van der Waals surface area (Å²) in [5, 5.41) is 2.63. The zero-order chi connectivity index (χ0) is 14.8. The lowest BCUT2D eigenvalue weighted by molar-refractivity contribution is -0.118. The van der Waals surface area contributed by atoms with Gasteiger partial charge in [-0.05, 0) is 37.1 Å². The van der Waals surface area contributed by atoms with Crippen LogP contribution in [0.4, 0.5) is 0 Å². The van der Waals surface area contributed by atoms with Crippen molar-refractivity contribution >= 4 is 21.7 Å². The minimum Gasteiger partial charge on any atom is -0.465 e. The van der Waals surface area contributed by atoms with E-state index in [1.807, 2.05) is 0 Å². The van der Waals surface area contributed by atoms with Gasteiger partial charge in [0.1, 0.15) is 5.75 Å². The molecule has 0 atom stereocenters. The molecule has 0 unspecified atom stereocenters. The van der Waals surface area contributed by atoms with Gasteiger partial charge in [-0.25, -0.2) is 13.2 Å². The first-order valence-electron chi connectivity index (χ1n) is 6.13. The Morgan fingerprint density at radius 3 is 2.35 bits per heavy atom. The van der Waals surface area contributed by atoms with Crippen LogP contribution in [0.1, 0.15) is 23.2 Å². The van der Waals surface area contributed by atoms with E-state index in [0.29, 0.717) is 0 Å². The second-order valence-electron chi connectivity index (χ2n) is 4.62. The molecule has 0 heterocycles. The Balaban J connectivity index is 2.08. The minimum atomic E-state index is -3.69. The van der Waals surface area contributed by atoms with Crippen molar-refractivity contribution in [3.8, 4) is 0 Å². The fourth-order valence-electron chi connectivity index (χ4n) is 1.67. The van der Waals surface area contributed by atoms with Crippen LogP contribution in [-0.2, 0) is 19.4 Å². The van der Waals surface area contributed by atoms with E-state index in [2.05, 4.69) is 10.1 Å². The maximum Gasteiger partial charge on any atom is 0.337 e. The van der Waals surface area contributed by atoms with E-state index >= 15 is 0 Å². The molecule has 1 amide bonds. The summed E-state index contributed by atoms with van der Waals surface area (Å²) in [7, 11) is -2.45. The van der Waals surface area contributed by atoms with Gasteiger partial charge in [-0.3, -0.25) is 4.79 Å². The van der Waals surface area contributed by atoms with E-state index in [-0.39, 0.29) is 16.5 Å². The number of methoxy groups -OCH3 is 1. The van der Waals surface area contributed by atoms with E-state index in [0.717, 1.165) is 12.8 Å². The van der Waals surface area contributed by atoms with Crippen molar-refractivity contribution in [2.24, 2.45) is 0 Å². The van der Waals surface area contributed by atoms with Crippen molar-refractivity contribution in [3.63, 3.8) is 0 Å². The molecule has 0 saturated heterocycles. The minimum absolute atomic E-state index is 0.0103. The van der Waals surface area contributed by atoms with Crippen LogP contribution in [0.2, 0.25) is 0 Å². The summed E-state index contributed by atoms with van der Waals surface area (Å²) in [4.78, 5) is 22.8. The highest BCUT2D eigenvalue weighted by atomic mass is 32.2. The smallest absolute Gasteiger partial charge is 0.337 e. The number of carbonyl (C=O) groups is 2. The molecule has 1 aliphatic carbocycles. The zero-order valence-electron chi connectivity index (χ0n) is 11.0. The van der Waals surface area contributed by atoms with Crippen molar-refractivity contribution in [2.45, 2.75) is 23.8 Å². The molecule has 2 rings (SSSR count). The third kappa shape index (κ3) is 3.57. The maximum atomic E-state index is 12.0. The standard InChI is InChI=1S/C13H15NO5S/c1-19-13(16)9-2-6-11(7-3-9)20(17,18)8-12(15)14-10-4-5-10/h2-3,6-7,10H,4-5,8H2,1H3,(H,14,15). The van der Waals surface area contributed by atoms with Crippen LogP contribution in [0, 0.1) is 0 Å². The first-order chi connectivity index (χ1) is 9.42. The molecule has 1 aromatic carbocycles. The fourth-order valence-corrected chi connectivity index (χ4v) is 2.82. The van der Waals surface area contributed by atoms with Crippen LogP contribution in [0.15, 0.2) is 29.2 Å². The van der Waals surface area contributed by atoms with Crippen LogP contribution in [0.5, 0.6) is 0 Å². The normalized spacial score (nSPS) is 14.7. The highest BCUT2D eigenvalue weighted by Gasteiger charge is 2.26. The van der Waals surface area contributed by atoms with Gasteiger partial charge in [0.15, 0.2) is 9.84 Å². The molecule has 20 heavy (non-hydrogen) atoms. The second-order valence-corrected chi connectivity index (χ2v) is 6.61. The average Bonchev–Trinajstić information content (AvgIpc) is 3.21. The summed E-state index contributed by atoms with van der Waals surface area (Å²) in [6, 6.07) is 5.44. The lowest BCUT2D eigenvalue weighted by Crippen LogP contribution is -2.31.